The number of hydrazone groups is 1. The van der Waals surface area contributed by atoms with Gasteiger partial charge >= 0.3 is 0 Å². The maximum atomic E-state index is 12.2. The van der Waals surface area contributed by atoms with Crippen molar-refractivity contribution in [2.24, 2.45) is 5.10 Å². The zero-order chi connectivity index (χ0) is 21.9. The molecule has 2 aromatic carbocycles. The Morgan fingerprint density at radius 2 is 1.87 bits per heavy atom. The zero-order valence-electron chi connectivity index (χ0n) is 16.4. The number of terminal acetylenes is 1. The third-order valence-electron chi connectivity index (χ3n) is 3.73. The summed E-state index contributed by atoms with van der Waals surface area (Å²) in [5.74, 6) is 2.88. The summed E-state index contributed by atoms with van der Waals surface area (Å²) in [7, 11) is 2.97. The molecular formula is C21H20BrN3O5. The molecule has 0 aliphatic rings. The number of benzene rings is 2. The number of halogens is 1. The summed E-state index contributed by atoms with van der Waals surface area (Å²) < 4.78 is 16.5. The summed E-state index contributed by atoms with van der Waals surface area (Å²) in [6.07, 6.45) is 6.63. The Bertz CT molecular complexity index is 985. The van der Waals surface area contributed by atoms with Gasteiger partial charge in [0.2, 0.25) is 0 Å². The number of methoxy groups -OCH3 is 2. The van der Waals surface area contributed by atoms with E-state index in [9.17, 15) is 9.59 Å². The topological polar surface area (TPSA) is 98.2 Å². The molecule has 0 aliphatic carbocycles. The first-order valence-corrected chi connectivity index (χ1v) is 9.45. The van der Waals surface area contributed by atoms with E-state index in [2.05, 4.69) is 37.7 Å². The van der Waals surface area contributed by atoms with Gasteiger partial charge in [-0.1, -0.05) is 21.9 Å². The Kier molecular flexibility index (Phi) is 8.72. The van der Waals surface area contributed by atoms with Gasteiger partial charge in [0, 0.05) is 15.6 Å². The Labute approximate surface area is 182 Å². The number of carbonyl (C=O) groups is 2. The lowest BCUT2D eigenvalue weighted by atomic mass is 10.2. The van der Waals surface area contributed by atoms with E-state index in [0.29, 0.717) is 28.4 Å². The van der Waals surface area contributed by atoms with E-state index in [1.54, 1.807) is 30.3 Å². The van der Waals surface area contributed by atoms with Gasteiger partial charge in [-0.05, 0) is 36.4 Å². The maximum absolute atomic E-state index is 12.2. The molecule has 0 aromatic heterocycles. The van der Waals surface area contributed by atoms with Gasteiger partial charge < -0.3 is 19.5 Å². The summed E-state index contributed by atoms with van der Waals surface area (Å²) in [6, 6.07) is 9.99. The van der Waals surface area contributed by atoms with Crippen LogP contribution in [0.3, 0.4) is 0 Å². The van der Waals surface area contributed by atoms with Crippen molar-refractivity contribution in [1.82, 2.24) is 10.7 Å². The smallest absolute Gasteiger partial charge is 0.259 e. The molecule has 0 bridgehead atoms. The van der Waals surface area contributed by atoms with Crippen LogP contribution in [0.2, 0.25) is 0 Å². The van der Waals surface area contributed by atoms with Crippen molar-refractivity contribution >= 4 is 34.0 Å². The van der Waals surface area contributed by atoms with E-state index in [4.69, 9.17) is 20.6 Å². The predicted molar refractivity (Wildman–Crippen MR) is 116 cm³/mol. The van der Waals surface area contributed by atoms with Gasteiger partial charge in [0.1, 0.15) is 12.4 Å². The van der Waals surface area contributed by atoms with E-state index in [1.165, 1.54) is 26.5 Å². The van der Waals surface area contributed by atoms with Gasteiger partial charge in [0.15, 0.2) is 11.5 Å². The molecule has 0 spiro atoms. The summed E-state index contributed by atoms with van der Waals surface area (Å²) in [5.41, 5.74) is 3.29. The Morgan fingerprint density at radius 1 is 1.13 bits per heavy atom. The number of amides is 2. The second-order valence-electron chi connectivity index (χ2n) is 5.72. The number of hydrogen-bond acceptors (Lipinski definition) is 6. The van der Waals surface area contributed by atoms with Gasteiger partial charge in [0.25, 0.3) is 11.8 Å². The largest absolute Gasteiger partial charge is 0.493 e. The van der Waals surface area contributed by atoms with Crippen LogP contribution in [0.25, 0.3) is 0 Å². The molecule has 0 saturated carbocycles. The van der Waals surface area contributed by atoms with Gasteiger partial charge in [-0.2, -0.15) is 5.10 Å². The van der Waals surface area contributed by atoms with Gasteiger partial charge in [0.05, 0.1) is 27.0 Å². The molecule has 0 unspecified atom stereocenters. The number of nitrogens with one attached hydrogen (secondary N) is 2. The van der Waals surface area contributed by atoms with E-state index < -0.39 is 11.8 Å². The van der Waals surface area contributed by atoms with Crippen molar-refractivity contribution in [3.63, 3.8) is 0 Å². The van der Waals surface area contributed by atoms with Crippen molar-refractivity contribution in [3.05, 3.63) is 52.0 Å². The summed E-state index contributed by atoms with van der Waals surface area (Å²) in [5, 5.41) is 6.40. The normalized spacial score (nSPS) is 10.2. The predicted octanol–water partition coefficient (Wildman–Crippen LogP) is 2.36. The highest BCUT2D eigenvalue weighted by atomic mass is 79.9. The minimum Gasteiger partial charge on any atom is -0.493 e. The van der Waals surface area contributed by atoms with Crippen molar-refractivity contribution in [2.75, 3.05) is 27.4 Å². The molecule has 2 aromatic rings. The van der Waals surface area contributed by atoms with Crippen LogP contribution in [0.1, 0.15) is 15.9 Å². The highest BCUT2D eigenvalue weighted by Gasteiger charge is 2.12. The van der Waals surface area contributed by atoms with Crippen LogP contribution in [0.15, 0.2) is 46.0 Å². The molecule has 2 rings (SSSR count). The van der Waals surface area contributed by atoms with Crippen LogP contribution < -0.4 is 25.0 Å². The Morgan fingerprint density at radius 3 is 2.57 bits per heavy atom. The van der Waals surface area contributed by atoms with Crippen LogP contribution in [-0.2, 0) is 4.79 Å². The molecule has 0 aliphatic heterocycles. The Hall–Kier alpha value is -3.51. The van der Waals surface area contributed by atoms with E-state index >= 15 is 0 Å². The van der Waals surface area contributed by atoms with Gasteiger partial charge in [-0.15, -0.1) is 6.42 Å². The van der Waals surface area contributed by atoms with Crippen molar-refractivity contribution in [1.29, 1.82) is 0 Å². The van der Waals surface area contributed by atoms with Crippen LogP contribution in [-0.4, -0.2) is 45.4 Å². The second-order valence-corrected chi connectivity index (χ2v) is 6.64. The number of carbonyl (C=O) groups excluding carboxylic acids is 2. The zero-order valence-corrected chi connectivity index (χ0v) is 18.0. The average Bonchev–Trinajstić information content (AvgIpc) is 2.76. The summed E-state index contributed by atoms with van der Waals surface area (Å²) in [6.45, 7) is -0.152. The molecule has 2 amide bonds. The lowest BCUT2D eigenvalue weighted by molar-refractivity contribution is -0.120. The van der Waals surface area contributed by atoms with Crippen LogP contribution >= 0.6 is 15.9 Å². The van der Waals surface area contributed by atoms with Crippen molar-refractivity contribution in [3.8, 4) is 29.6 Å². The van der Waals surface area contributed by atoms with Gasteiger partial charge in [-0.3, -0.25) is 9.59 Å². The molecule has 8 nitrogen and oxygen atoms in total. The molecule has 2 N–H and O–H groups in total. The first-order valence-electron chi connectivity index (χ1n) is 8.66. The third-order valence-corrected chi connectivity index (χ3v) is 4.22. The lowest BCUT2D eigenvalue weighted by Gasteiger charge is -2.09. The van der Waals surface area contributed by atoms with E-state index in [-0.39, 0.29) is 13.2 Å². The molecule has 30 heavy (non-hydrogen) atoms. The molecule has 0 saturated heterocycles. The summed E-state index contributed by atoms with van der Waals surface area (Å²) >= 11 is 3.36. The van der Waals surface area contributed by atoms with E-state index in [1.807, 2.05) is 0 Å². The molecule has 0 heterocycles. The lowest BCUT2D eigenvalue weighted by Crippen LogP contribution is -2.34. The first-order chi connectivity index (χ1) is 14.5. The Balaban J connectivity index is 1.92. The van der Waals surface area contributed by atoms with E-state index in [0.717, 1.165) is 4.47 Å². The quantitative estimate of drug-likeness (QED) is 0.331. The van der Waals surface area contributed by atoms with Crippen LogP contribution in [0.5, 0.6) is 17.2 Å². The van der Waals surface area contributed by atoms with Crippen molar-refractivity contribution < 1.29 is 23.8 Å². The minimum absolute atomic E-state index is 0.108. The molecule has 0 fully saturated rings. The fourth-order valence-corrected chi connectivity index (χ4v) is 2.70. The maximum Gasteiger partial charge on any atom is 0.259 e. The first kappa shape index (κ1) is 22.8. The highest BCUT2D eigenvalue weighted by Crippen LogP contribution is 2.27. The molecular weight excluding hydrogens is 454 g/mol. The van der Waals surface area contributed by atoms with Crippen molar-refractivity contribution in [2.45, 2.75) is 0 Å². The minimum atomic E-state index is -0.499. The summed E-state index contributed by atoms with van der Waals surface area (Å²) in [4.78, 5) is 24.2. The number of nitrogens with zero attached hydrogens (tertiary/aromatic N) is 1. The number of ether oxygens (including phenoxy) is 3. The number of hydrogen-bond donors (Lipinski definition) is 2. The standard InChI is InChI=1S/C21H20BrN3O5/c1-4-9-30-17-8-6-16(22)10-15(17)12-24-25-20(26)13-23-21(27)14-5-7-18(28-2)19(11-14)29-3/h1,5-8,10-12H,9,13H2,2-3H3,(H,23,27)(H,25,26). The number of rotatable bonds is 9. The van der Waals surface area contributed by atoms with Crippen LogP contribution in [0.4, 0.5) is 0 Å². The van der Waals surface area contributed by atoms with Gasteiger partial charge in [-0.25, -0.2) is 5.43 Å². The molecule has 156 valence electrons. The molecule has 0 radical (unpaired) electrons. The highest BCUT2D eigenvalue weighted by molar-refractivity contribution is 9.10. The SMILES string of the molecule is C#CCOc1ccc(Br)cc1C=NNC(=O)CNC(=O)c1ccc(OC)c(OC)c1. The monoisotopic (exact) mass is 473 g/mol. The fourth-order valence-electron chi connectivity index (χ4n) is 2.32. The molecule has 9 heteroatoms. The second kappa shape index (κ2) is 11.5. The third kappa shape index (κ3) is 6.53. The fraction of sp³-hybridized carbons (Fsp3) is 0.190. The molecule has 0 atom stereocenters. The average molecular weight is 474 g/mol. The van der Waals surface area contributed by atoms with Crippen LogP contribution in [0, 0.1) is 12.3 Å².